The SMILES string of the molecule is CN(C)C(=O)C1C2C=CC(C2)C1C=O. The van der Waals surface area contributed by atoms with Crippen molar-refractivity contribution in [1.82, 2.24) is 4.90 Å². The molecule has 76 valence electrons. The Balaban J connectivity index is 2.23. The molecular formula is C11H15NO2. The molecule has 4 atom stereocenters. The quantitative estimate of drug-likeness (QED) is 0.478. The van der Waals surface area contributed by atoms with E-state index in [9.17, 15) is 9.59 Å². The molecule has 0 N–H and O–H groups in total. The van der Waals surface area contributed by atoms with Gasteiger partial charge in [0.25, 0.3) is 0 Å². The number of hydrogen-bond acceptors (Lipinski definition) is 2. The minimum Gasteiger partial charge on any atom is -0.349 e. The van der Waals surface area contributed by atoms with Crippen LogP contribution in [0.2, 0.25) is 0 Å². The molecule has 0 radical (unpaired) electrons. The van der Waals surface area contributed by atoms with Crippen molar-refractivity contribution in [2.45, 2.75) is 6.42 Å². The molecule has 2 bridgehead atoms. The van der Waals surface area contributed by atoms with Crippen LogP contribution in [-0.2, 0) is 9.59 Å². The molecule has 1 amide bonds. The predicted octanol–water partition coefficient (Wildman–Crippen LogP) is 0.712. The Morgan fingerprint density at radius 2 is 2.00 bits per heavy atom. The zero-order valence-electron chi connectivity index (χ0n) is 8.51. The zero-order chi connectivity index (χ0) is 10.3. The summed E-state index contributed by atoms with van der Waals surface area (Å²) in [6, 6.07) is 0. The van der Waals surface area contributed by atoms with Gasteiger partial charge >= 0.3 is 0 Å². The maximum Gasteiger partial charge on any atom is 0.226 e. The van der Waals surface area contributed by atoms with E-state index in [0.29, 0.717) is 11.8 Å². The van der Waals surface area contributed by atoms with E-state index in [1.807, 2.05) is 0 Å². The van der Waals surface area contributed by atoms with Gasteiger partial charge in [-0.2, -0.15) is 0 Å². The molecule has 0 aromatic heterocycles. The van der Waals surface area contributed by atoms with Gasteiger partial charge in [-0.25, -0.2) is 0 Å². The third-order valence-corrected chi connectivity index (χ3v) is 3.40. The van der Waals surface area contributed by atoms with Crippen LogP contribution >= 0.6 is 0 Å². The summed E-state index contributed by atoms with van der Waals surface area (Å²) in [6.07, 6.45) is 6.12. The van der Waals surface area contributed by atoms with Crippen LogP contribution in [0.5, 0.6) is 0 Å². The molecule has 2 aliphatic rings. The standard InChI is InChI=1S/C11H15NO2/c1-12(2)11(14)10-8-4-3-7(5-8)9(10)6-13/h3-4,6-10H,5H2,1-2H3. The van der Waals surface area contributed by atoms with Crippen molar-refractivity contribution in [3.05, 3.63) is 12.2 Å². The van der Waals surface area contributed by atoms with Gasteiger partial charge in [0.15, 0.2) is 0 Å². The van der Waals surface area contributed by atoms with Gasteiger partial charge in [0.2, 0.25) is 5.91 Å². The van der Waals surface area contributed by atoms with Crippen LogP contribution in [0.15, 0.2) is 12.2 Å². The number of carbonyl (C=O) groups is 2. The predicted molar refractivity (Wildman–Crippen MR) is 52.5 cm³/mol. The highest BCUT2D eigenvalue weighted by Crippen LogP contribution is 2.47. The van der Waals surface area contributed by atoms with Crippen molar-refractivity contribution < 1.29 is 9.59 Å². The third-order valence-electron chi connectivity index (χ3n) is 3.40. The highest BCUT2D eigenvalue weighted by Gasteiger charge is 2.48. The van der Waals surface area contributed by atoms with Crippen molar-refractivity contribution in [3.8, 4) is 0 Å². The van der Waals surface area contributed by atoms with Crippen LogP contribution in [0, 0.1) is 23.7 Å². The number of hydrogen-bond donors (Lipinski definition) is 0. The zero-order valence-corrected chi connectivity index (χ0v) is 8.51. The van der Waals surface area contributed by atoms with Crippen molar-refractivity contribution in [3.63, 3.8) is 0 Å². The summed E-state index contributed by atoms with van der Waals surface area (Å²) in [6.45, 7) is 0. The Bertz CT molecular complexity index is 296. The van der Waals surface area contributed by atoms with Gasteiger partial charge in [-0.15, -0.1) is 0 Å². The molecule has 0 aromatic carbocycles. The van der Waals surface area contributed by atoms with Crippen molar-refractivity contribution in [2.24, 2.45) is 23.7 Å². The maximum absolute atomic E-state index is 11.8. The number of fused-ring (bicyclic) bond motifs is 2. The Hall–Kier alpha value is -1.12. The van der Waals surface area contributed by atoms with Crippen molar-refractivity contribution in [1.29, 1.82) is 0 Å². The van der Waals surface area contributed by atoms with E-state index in [4.69, 9.17) is 0 Å². The van der Waals surface area contributed by atoms with E-state index in [1.165, 1.54) is 0 Å². The van der Waals surface area contributed by atoms with E-state index in [1.54, 1.807) is 19.0 Å². The maximum atomic E-state index is 11.8. The second-order valence-electron chi connectivity index (χ2n) is 4.42. The average Bonchev–Trinajstić information content (AvgIpc) is 2.74. The van der Waals surface area contributed by atoms with Gasteiger partial charge in [0.1, 0.15) is 6.29 Å². The van der Waals surface area contributed by atoms with Gasteiger partial charge in [-0.3, -0.25) is 4.79 Å². The van der Waals surface area contributed by atoms with Crippen LogP contribution < -0.4 is 0 Å². The van der Waals surface area contributed by atoms with E-state index in [2.05, 4.69) is 12.2 Å². The number of allylic oxidation sites excluding steroid dienone is 2. The minimum absolute atomic E-state index is 0.0834. The number of amides is 1. The summed E-state index contributed by atoms with van der Waals surface area (Å²) < 4.78 is 0. The summed E-state index contributed by atoms with van der Waals surface area (Å²) in [5.41, 5.74) is 0. The highest BCUT2D eigenvalue weighted by molar-refractivity contribution is 5.83. The van der Waals surface area contributed by atoms with Crippen LogP contribution in [-0.4, -0.2) is 31.2 Å². The largest absolute Gasteiger partial charge is 0.349 e. The smallest absolute Gasteiger partial charge is 0.226 e. The monoisotopic (exact) mass is 193 g/mol. The molecule has 0 aromatic rings. The lowest BCUT2D eigenvalue weighted by Gasteiger charge is -2.25. The Morgan fingerprint density at radius 1 is 1.36 bits per heavy atom. The van der Waals surface area contributed by atoms with E-state index >= 15 is 0 Å². The molecule has 2 aliphatic carbocycles. The summed E-state index contributed by atoms with van der Waals surface area (Å²) >= 11 is 0. The first kappa shape index (κ1) is 9.44. The molecular weight excluding hydrogens is 178 g/mol. The normalized spacial score (nSPS) is 38.7. The van der Waals surface area contributed by atoms with Crippen LogP contribution in [0.3, 0.4) is 0 Å². The molecule has 0 spiro atoms. The van der Waals surface area contributed by atoms with E-state index < -0.39 is 0 Å². The first-order valence-electron chi connectivity index (χ1n) is 5.00. The fourth-order valence-electron chi connectivity index (χ4n) is 2.69. The topological polar surface area (TPSA) is 37.4 Å². The summed E-state index contributed by atoms with van der Waals surface area (Å²) in [7, 11) is 3.50. The van der Waals surface area contributed by atoms with Crippen LogP contribution in [0.25, 0.3) is 0 Å². The van der Waals surface area contributed by atoms with E-state index in [0.717, 1.165) is 12.7 Å². The molecule has 0 saturated heterocycles. The molecule has 14 heavy (non-hydrogen) atoms. The minimum atomic E-state index is -0.0995. The highest BCUT2D eigenvalue weighted by atomic mass is 16.2. The summed E-state index contributed by atoms with van der Waals surface area (Å²) in [4.78, 5) is 24.4. The van der Waals surface area contributed by atoms with Gasteiger partial charge in [0.05, 0.1) is 5.92 Å². The Morgan fingerprint density at radius 3 is 2.57 bits per heavy atom. The van der Waals surface area contributed by atoms with Gasteiger partial charge in [0, 0.05) is 20.0 Å². The molecule has 2 rings (SSSR count). The van der Waals surface area contributed by atoms with E-state index in [-0.39, 0.29) is 17.7 Å². The third kappa shape index (κ3) is 1.19. The number of nitrogens with zero attached hydrogens (tertiary/aromatic N) is 1. The van der Waals surface area contributed by atoms with Crippen molar-refractivity contribution >= 4 is 12.2 Å². The lowest BCUT2D eigenvalue weighted by Crippen LogP contribution is -2.37. The summed E-state index contributed by atoms with van der Waals surface area (Å²) in [5.74, 6) is 0.521. The molecule has 1 fully saturated rings. The Labute approximate surface area is 83.8 Å². The first-order valence-corrected chi connectivity index (χ1v) is 5.00. The molecule has 4 unspecified atom stereocenters. The molecule has 1 saturated carbocycles. The number of aldehydes is 1. The molecule has 3 heteroatoms. The molecule has 0 heterocycles. The molecule has 0 aliphatic heterocycles. The Kier molecular flexibility index (Phi) is 2.17. The average molecular weight is 193 g/mol. The number of carbonyl (C=O) groups excluding carboxylic acids is 2. The van der Waals surface area contributed by atoms with Crippen LogP contribution in [0.4, 0.5) is 0 Å². The lowest BCUT2D eigenvalue weighted by molar-refractivity contribution is -0.137. The summed E-state index contributed by atoms with van der Waals surface area (Å²) in [5, 5.41) is 0. The van der Waals surface area contributed by atoms with Crippen LogP contribution in [0.1, 0.15) is 6.42 Å². The fraction of sp³-hybridized carbons (Fsp3) is 0.636. The fourth-order valence-corrected chi connectivity index (χ4v) is 2.69. The second-order valence-corrected chi connectivity index (χ2v) is 4.42. The van der Waals surface area contributed by atoms with Gasteiger partial charge < -0.3 is 9.69 Å². The van der Waals surface area contributed by atoms with Gasteiger partial charge in [-0.05, 0) is 18.3 Å². The first-order chi connectivity index (χ1) is 6.65. The van der Waals surface area contributed by atoms with Crippen molar-refractivity contribution in [2.75, 3.05) is 14.1 Å². The second kappa shape index (κ2) is 3.23. The molecule has 3 nitrogen and oxygen atoms in total. The number of rotatable bonds is 2. The van der Waals surface area contributed by atoms with Gasteiger partial charge in [-0.1, -0.05) is 12.2 Å². The lowest BCUT2D eigenvalue weighted by atomic mass is 9.83.